The van der Waals surface area contributed by atoms with Crippen molar-refractivity contribution in [2.24, 2.45) is 11.8 Å². The smallest absolute Gasteiger partial charge is 0.338 e. The van der Waals surface area contributed by atoms with Crippen molar-refractivity contribution in [1.82, 2.24) is 0 Å². The van der Waals surface area contributed by atoms with Gasteiger partial charge in [-0.1, -0.05) is 18.2 Å². The van der Waals surface area contributed by atoms with Gasteiger partial charge in [0, 0.05) is 5.69 Å². The van der Waals surface area contributed by atoms with Crippen LogP contribution in [0, 0.1) is 18.8 Å². The van der Waals surface area contributed by atoms with E-state index in [-0.39, 0.29) is 5.91 Å². The largest absolute Gasteiger partial charge is 0.481 e. The molecule has 6 nitrogen and oxygen atoms in total. The van der Waals surface area contributed by atoms with E-state index in [9.17, 15) is 19.5 Å². The first kappa shape index (κ1) is 16.7. The van der Waals surface area contributed by atoms with Crippen LogP contribution < -0.4 is 5.32 Å². The van der Waals surface area contributed by atoms with Gasteiger partial charge in [0.1, 0.15) is 0 Å². The highest BCUT2D eigenvalue weighted by atomic mass is 16.5. The van der Waals surface area contributed by atoms with Crippen molar-refractivity contribution in [3.05, 3.63) is 41.5 Å². The van der Waals surface area contributed by atoms with Gasteiger partial charge in [-0.3, -0.25) is 9.59 Å². The number of aliphatic carboxylic acids is 1. The van der Waals surface area contributed by atoms with E-state index >= 15 is 0 Å². The van der Waals surface area contributed by atoms with Crippen molar-refractivity contribution in [3.63, 3.8) is 0 Å². The molecule has 0 radical (unpaired) electrons. The molecule has 122 valence electrons. The number of esters is 1. The molecule has 6 heteroatoms. The summed E-state index contributed by atoms with van der Waals surface area (Å²) in [6.45, 7) is 1.71. The highest BCUT2D eigenvalue weighted by Gasteiger charge is 2.34. The van der Waals surface area contributed by atoms with Crippen molar-refractivity contribution in [3.8, 4) is 0 Å². The highest BCUT2D eigenvalue weighted by molar-refractivity contribution is 5.98. The molecule has 0 saturated carbocycles. The van der Waals surface area contributed by atoms with Crippen LogP contribution in [0.2, 0.25) is 0 Å². The third kappa shape index (κ3) is 3.59. The van der Waals surface area contributed by atoms with E-state index < -0.39 is 23.8 Å². The third-order valence-corrected chi connectivity index (χ3v) is 4.08. The molecule has 0 aliphatic heterocycles. The number of anilines is 1. The Bertz CT molecular complexity index is 665. The van der Waals surface area contributed by atoms with Gasteiger partial charge in [-0.2, -0.15) is 0 Å². The van der Waals surface area contributed by atoms with Gasteiger partial charge in [0.25, 0.3) is 0 Å². The summed E-state index contributed by atoms with van der Waals surface area (Å²) in [5.74, 6) is -3.17. The summed E-state index contributed by atoms with van der Waals surface area (Å²) in [4.78, 5) is 35.5. The molecule has 0 aromatic heterocycles. The minimum atomic E-state index is -0.977. The van der Waals surface area contributed by atoms with E-state index in [0.717, 1.165) is 0 Å². The molecule has 0 unspecified atom stereocenters. The summed E-state index contributed by atoms with van der Waals surface area (Å²) in [6.07, 6.45) is 4.33. The van der Waals surface area contributed by atoms with E-state index in [1.807, 2.05) is 6.08 Å². The normalized spacial score (nSPS) is 19.9. The fraction of sp³-hybridized carbons (Fsp3) is 0.353. The number of rotatable bonds is 4. The van der Waals surface area contributed by atoms with Gasteiger partial charge >= 0.3 is 11.9 Å². The molecular weight excluding hydrogens is 298 g/mol. The van der Waals surface area contributed by atoms with E-state index in [1.165, 1.54) is 7.11 Å². The SMILES string of the molecule is COC(=O)c1cccc(NC(=O)[C@@H]2CC=CC[C@H]2C(=O)O)c1C. The van der Waals surface area contributed by atoms with Crippen LogP contribution in [0.4, 0.5) is 5.69 Å². The Morgan fingerprint density at radius 2 is 1.83 bits per heavy atom. The summed E-state index contributed by atoms with van der Waals surface area (Å²) < 4.78 is 4.70. The Hall–Kier alpha value is -2.63. The molecule has 0 heterocycles. The van der Waals surface area contributed by atoms with Crippen LogP contribution in [0.1, 0.15) is 28.8 Å². The number of allylic oxidation sites excluding steroid dienone is 2. The van der Waals surface area contributed by atoms with Crippen LogP contribution in [0.15, 0.2) is 30.4 Å². The van der Waals surface area contributed by atoms with Crippen LogP contribution in [-0.4, -0.2) is 30.1 Å². The van der Waals surface area contributed by atoms with Crippen LogP contribution >= 0.6 is 0 Å². The molecule has 1 aliphatic carbocycles. The lowest BCUT2D eigenvalue weighted by Crippen LogP contribution is -2.35. The average Bonchev–Trinajstić information content (AvgIpc) is 2.56. The zero-order valence-electron chi connectivity index (χ0n) is 13.0. The van der Waals surface area contributed by atoms with Crippen LogP contribution in [-0.2, 0) is 14.3 Å². The van der Waals surface area contributed by atoms with Gasteiger partial charge in [0.05, 0.1) is 24.5 Å². The molecule has 1 aromatic rings. The van der Waals surface area contributed by atoms with Crippen LogP contribution in [0.3, 0.4) is 0 Å². The van der Waals surface area contributed by atoms with E-state index in [2.05, 4.69) is 5.32 Å². The number of carboxylic acids is 1. The lowest BCUT2D eigenvalue weighted by molar-refractivity contribution is -0.146. The van der Waals surface area contributed by atoms with E-state index in [0.29, 0.717) is 29.7 Å². The van der Waals surface area contributed by atoms with Crippen molar-refractivity contribution < 1.29 is 24.2 Å². The number of benzene rings is 1. The number of carbonyl (C=O) groups is 3. The number of carboxylic acid groups (broad SMARTS) is 1. The number of nitrogens with one attached hydrogen (secondary N) is 1. The molecule has 2 rings (SSSR count). The second kappa shape index (κ2) is 7.09. The number of ether oxygens (including phenoxy) is 1. The second-order valence-electron chi connectivity index (χ2n) is 5.45. The summed E-state index contributed by atoms with van der Waals surface area (Å²) in [6, 6.07) is 4.93. The zero-order chi connectivity index (χ0) is 17.0. The van der Waals surface area contributed by atoms with Gasteiger partial charge in [-0.15, -0.1) is 0 Å². The molecule has 2 atom stereocenters. The molecule has 0 spiro atoms. The van der Waals surface area contributed by atoms with Gasteiger partial charge < -0.3 is 15.2 Å². The fourth-order valence-electron chi connectivity index (χ4n) is 2.70. The quantitative estimate of drug-likeness (QED) is 0.657. The number of methoxy groups -OCH3 is 1. The molecule has 0 bridgehead atoms. The third-order valence-electron chi connectivity index (χ3n) is 4.08. The minimum absolute atomic E-state index is 0.342. The molecule has 1 aliphatic rings. The molecule has 0 fully saturated rings. The summed E-state index contributed by atoms with van der Waals surface area (Å²) >= 11 is 0. The Morgan fingerprint density at radius 3 is 2.43 bits per heavy atom. The Labute approximate surface area is 134 Å². The summed E-state index contributed by atoms with van der Waals surface area (Å²) in [5.41, 5.74) is 1.44. The monoisotopic (exact) mass is 317 g/mol. The standard InChI is InChI=1S/C17H19NO5/c1-10-11(17(22)23-2)8-5-9-14(10)18-15(19)12-6-3-4-7-13(12)16(20)21/h3-5,8-9,12-13H,6-7H2,1-2H3,(H,18,19)(H,20,21)/t12-,13-/m1/s1. The first-order valence-corrected chi connectivity index (χ1v) is 7.32. The number of hydrogen-bond donors (Lipinski definition) is 2. The van der Waals surface area contributed by atoms with E-state index in [4.69, 9.17) is 4.74 Å². The van der Waals surface area contributed by atoms with E-state index in [1.54, 1.807) is 31.2 Å². The molecule has 2 N–H and O–H groups in total. The molecular formula is C17H19NO5. The lowest BCUT2D eigenvalue weighted by atomic mass is 9.82. The van der Waals surface area contributed by atoms with Crippen molar-refractivity contribution in [2.75, 3.05) is 12.4 Å². The predicted octanol–water partition coefficient (Wildman–Crippen LogP) is 2.39. The zero-order valence-corrected chi connectivity index (χ0v) is 13.0. The van der Waals surface area contributed by atoms with Gasteiger partial charge in [0.15, 0.2) is 0 Å². The highest BCUT2D eigenvalue weighted by Crippen LogP contribution is 2.28. The van der Waals surface area contributed by atoms with Crippen LogP contribution in [0.5, 0.6) is 0 Å². The Balaban J connectivity index is 2.22. The molecule has 1 amide bonds. The molecule has 1 aromatic carbocycles. The van der Waals surface area contributed by atoms with Gasteiger partial charge in [-0.25, -0.2) is 4.79 Å². The fourth-order valence-corrected chi connectivity index (χ4v) is 2.70. The lowest BCUT2D eigenvalue weighted by Gasteiger charge is -2.24. The number of amides is 1. The maximum Gasteiger partial charge on any atom is 0.338 e. The molecule has 23 heavy (non-hydrogen) atoms. The minimum Gasteiger partial charge on any atom is -0.481 e. The van der Waals surface area contributed by atoms with Crippen LogP contribution in [0.25, 0.3) is 0 Å². The number of carbonyl (C=O) groups excluding carboxylic acids is 2. The Morgan fingerprint density at radius 1 is 1.17 bits per heavy atom. The topological polar surface area (TPSA) is 92.7 Å². The first-order valence-electron chi connectivity index (χ1n) is 7.32. The molecule has 0 saturated heterocycles. The maximum atomic E-state index is 12.5. The van der Waals surface area contributed by atoms with Gasteiger partial charge in [-0.05, 0) is 37.5 Å². The summed E-state index contributed by atoms with van der Waals surface area (Å²) in [5, 5.41) is 12.0. The summed E-state index contributed by atoms with van der Waals surface area (Å²) in [7, 11) is 1.29. The van der Waals surface area contributed by atoms with Gasteiger partial charge in [0.2, 0.25) is 5.91 Å². The predicted molar refractivity (Wildman–Crippen MR) is 84.1 cm³/mol. The van der Waals surface area contributed by atoms with Crippen molar-refractivity contribution in [1.29, 1.82) is 0 Å². The Kier molecular flexibility index (Phi) is 5.16. The maximum absolute atomic E-state index is 12.5. The number of hydrogen-bond acceptors (Lipinski definition) is 4. The average molecular weight is 317 g/mol. The van der Waals surface area contributed by atoms with Crippen molar-refractivity contribution in [2.45, 2.75) is 19.8 Å². The first-order chi connectivity index (χ1) is 11.0. The second-order valence-corrected chi connectivity index (χ2v) is 5.45. The van der Waals surface area contributed by atoms with Crippen molar-refractivity contribution >= 4 is 23.5 Å².